The Balaban J connectivity index is 1.79. The summed E-state index contributed by atoms with van der Waals surface area (Å²) in [6.45, 7) is 0. The highest BCUT2D eigenvalue weighted by atomic mass is 32.2. The lowest BCUT2D eigenvalue weighted by atomic mass is 10.3. The third kappa shape index (κ3) is 2.30. The van der Waals surface area contributed by atoms with Gasteiger partial charge in [-0.25, -0.2) is 15.0 Å². The number of rotatable bonds is 3. The van der Waals surface area contributed by atoms with Gasteiger partial charge in [-0.3, -0.25) is 0 Å². The standard InChI is InChI=1S/C12H10N4S2/c13-11-12(15-6-5-14-11)17-7-10-16-8-3-1-2-4-9(8)18-10/h1-6H,7H2,(H2,13,14). The Morgan fingerprint density at radius 2 is 2.00 bits per heavy atom. The molecule has 3 rings (SSSR count). The largest absolute Gasteiger partial charge is 0.381 e. The first-order valence-corrected chi connectivity index (χ1v) is 7.17. The summed E-state index contributed by atoms with van der Waals surface area (Å²) < 4.78 is 1.21. The van der Waals surface area contributed by atoms with Crippen LogP contribution in [0.1, 0.15) is 5.01 Å². The van der Waals surface area contributed by atoms with Crippen molar-refractivity contribution in [2.45, 2.75) is 10.8 Å². The molecular formula is C12H10N4S2. The Labute approximate surface area is 112 Å². The molecule has 0 spiro atoms. The van der Waals surface area contributed by atoms with Crippen LogP contribution in [0, 0.1) is 0 Å². The number of benzene rings is 1. The number of anilines is 1. The van der Waals surface area contributed by atoms with Crippen LogP contribution in [-0.2, 0) is 5.75 Å². The van der Waals surface area contributed by atoms with Crippen molar-refractivity contribution in [3.8, 4) is 0 Å². The number of thiazole rings is 1. The molecule has 2 N–H and O–H groups in total. The number of para-hydroxylation sites is 1. The number of hydrogen-bond donors (Lipinski definition) is 1. The summed E-state index contributed by atoms with van der Waals surface area (Å²) >= 11 is 3.27. The number of fused-ring (bicyclic) bond motifs is 1. The van der Waals surface area contributed by atoms with Gasteiger partial charge in [0.25, 0.3) is 0 Å². The van der Waals surface area contributed by atoms with Crippen LogP contribution < -0.4 is 5.73 Å². The number of nitrogen functional groups attached to an aromatic ring is 1. The van der Waals surface area contributed by atoms with E-state index >= 15 is 0 Å². The second-order valence-corrected chi connectivity index (χ2v) is 5.69. The molecule has 18 heavy (non-hydrogen) atoms. The molecule has 0 aliphatic heterocycles. The van der Waals surface area contributed by atoms with Gasteiger partial charge in [0, 0.05) is 12.4 Å². The summed E-state index contributed by atoms with van der Waals surface area (Å²) in [6.07, 6.45) is 3.24. The molecule has 3 aromatic rings. The highest BCUT2D eigenvalue weighted by Gasteiger charge is 2.06. The number of hydrogen-bond acceptors (Lipinski definition) is 6. The first-order chi connectivity index (χ1) is 8.83. The van der Waals surface area contributed by atoms with Gasteiger partial charge in [0.05, 0.1) is 16.0 Å². The van der Waals surface area contributed by atoms with Crippen molar-refractivity contribution in [1.82, 2.24) is 15.0 Å². The van der Waals surface area contributed by atoms with Crippen LogP contribution in [0.3, 0.4) is 0 Å². The van der Waals surface area contributed by atoms with Crippen LogP contribution in [-0.4, -0.2) is 15.0 Å². The molecular weight excluding hydrogens is 264 g/mol. The van der Waals surface area contributed by atoms with Crippen molar-refractivity contribution in [2.24, 2.45) is 0 Å². The summed E-state index contributed by atoms with van der Waals surface area (Å²) in [5.74, 6) is 1.24. The van der Waals surface area contributed by atoms with E-state index in [1.165, 1.54) is 4.70 Å². The minimum absolute atomic E-state index is 0.476. The van der Waals surface area contributed by atoms with Gasteiger partial charge in [-0.15, -0.1) is 11.3 Å². The minimum Gasteiger partial charge on any atom is -0.381 e. The summed E-state index contributed by atoms with van der Waals surface area (Å²) in [5, 5.41) is 1.84. The molecule has 1 aromatic carbocycles. The molecule has 90 valence electrons. The lowest BCUT2D eigenvalue weighted by Crippen LogP contribution is -1.94. The van der Waals surface area contributed by atoms with Crippen LogP contribution >= 0.6 is 23.1 Å². The van der Waals surface area contributed by atoms with E-state index in [0.29, 0.717) is 5.82 Å². The Hall–Kier alpha value is -1.66. The molecule has 0 saturated heterocycles. The number of thioether (sulfide) groups is 1. The van der Waals surface area contributed by atoms with Crippen LogP contribution in [0.2, 0.25) is 0 Å². The second kappa shape index (κ2) is 4.91. The highest BCUT2D eigenvalue weighted by Crippen LogP contribution is 2.28. The molecule has 0 radical (unpaired) electrons. The average molecular weight is 274 g/mol. The Morgan fingerprint density at radius 3 is 2.83 bits per heavy atom. The molecule has 0 saturated carbocycles. The summed E-state index contributed by atoms with van der Waals surface area (Å²) in [4.78, 5) is 12.8. The fourth-order valence-corrected chi connectivity index (χ4v) is 3.39. The third-order valence-corrected chi connectivity index (χ3v) is 4.59. The van der Waals surface area contributed by atoms with Crippen LogP contribution in [0.4, 0.5) is 5.82 Å². The number of aromatic nitrogens is 3. The van der Waals surface area contributed by atoms with E-state index in [0.717, 1.165) is 21.3 Å². The maximum absolute atomic E-state index is 5.75. The quantitative estimate of drug-likeness (QED) is 0.744. The molecule has 0 bridgehead atoms. The number of nitrogens with zero attached hydrogens (tertiary/aromatic N) is 3. The van der Waals surface area contributed by atoms with E-state index < -0.39 is 0 Å². The van der Waals surface area contributed by atoms with Gasteiger partial charge in [0.1, 0.15) is 10.0 Å². The highest BCUT2D eigenvalue weighted by molar-refractivity contribution is 7.98. The molecule has 2 aromatic heterocycles. The van der Waals surface area contributed by atoms with Crippen LogP contribution in [0.15, 0.2) is 41.7 Å². The monoisotopic (exact) mass is 274 g/mol. The van der Waals surface area contributed by atoms with Crippen LogP contribution in [0.5, 0.6) is 0 Å². The summed E-state index contributed by atoms with van der Waals surface area (Å²) in [5.41, 5.74) is 6.79. The van der Waals surface area contributed by atoms with Gasteiger partial charge >= 0.3 is 0 Å². The topological polar surface area (TPSA) is 64.7 Å². The molecule has 0 fully saturated rings. The van der Waals surface area contributed by atoms with Gasteiger partial charge in [0.15, 0.2) is 5.82 Å². The van der Waals surface area contributed by atoms with E-state index in [2.05, 4.69) is 21.0 Å². The fourth-order valence-electron chi connectivity index (χ4n) is 1.56. The molecule has 0 aliphatic rings. The van der Waals surface area contributed by atoms with E-state index in [4.69, 9.17) is 5.73 Å². The maximum Gasteiger partial charge on any atom is 0.156 e. The van der Waals surface area contributed by atoms with Gasteiger partial charge < -0.3 is 5.73 Å². The Morgan fingerprint density at radius 1 is 1.17 bits per heavy atom. The van der Waals surface area contributed by atoms with Crippen molar-refractivity contribution < 1.29 is 0 Å². The Bertz CT molecular complexity index is 647. The van der Waals surface area contributed by atoms with E-state index in [1.807, 2.05) is 18.2 Å². The van der Waals surface area contributed by atoms with Gasteiger partial charge in [0.2, 0.25) is 0 Å². The molecule has 2 heterocycles. The Kier molecular flexibility index (Phi) is 3.12. The maximum atomic E-state index is 5.75. The minimum atomic E-state index is 0.476. The molecule has 0 atom stereocenters. The molecule has 0 aliphatic carbocycles. The normalized spacial score (nSPS) is 10.9. The fraction of sp³-hybridized carbons (Fsp3) is 0.0833. The molecule has 0 unspecified atom stereocenters. The average Bonchev–Trinajstić information content (AvgIpc) is 2.80. The van der Waals surface area contributed by atoms with E-state index in [9.17, 15) is 0 Å². The predicted molar refractivity (Wildman–Crippen MR) is 75.6 cm³/mol. The molecule has 4 nitrogen and oxygen atoms in total. The zero-order valence-corrected chi connectivity index (χ0v) is 11.0. The van der Waals surface area contributed by atoms with Gasteiger partial charge in [-0.1, -0.05) is 23.9 Å². The zero-order chi connectivity index (χ0) is 12.4. The smallest absolute Gasteiger partial charge is 0.156 e. The van der Waals surface area contributed by atoms with E-state index in [-0.39, 0.29) is 0 Å². The van der Waals surface area contributed by atoms with Crippen molar-refractivity contribution in [2.75, 3.05) is 5.73 Å². The van der Waals surface area contributed by atoms with Crippen molar-refractivity contribution in [3.63, 3.8) is 0 Å². The zero-order valence-electron chi connectivity index (χ0n) is 9.41. The lowest BCUT2D eigenvalue weighted by molar-refractivity contribution is 1.07. The van der Waals surface area contributed by atoms with Crippen LogP contribution in [0.25, 0.3) is 10.2 Å². The summed E-state index contributed by atoms with van der Waals surface area (Å²) in [6, 6.07) is 8.13. The SMILES string of the molecule is Nc1nccnc1SCc1nc2ccccc2s1. The lowest BCUT2D eigenvalue weighted by Gasteiger charge is -2.00. The molecule has 6 heteroatoms. The van der Waals surface area contributed by atoms with Crippen molar-refractivity contribution >= 4 is 39.1 Å². The first-order valence-electron chi connectivity index (χ1n) is 5.36. The predicted octanol–water partition coefficient (Wildman–Crippen LogP) is 2.96. The first kappa shape index (κ1) is 11.4. The van der Waals surface area contributed by atoms with E-state index in [1.54, 1.807) is 35.5 Å². The summed E-state index contributed by atoms with van der Waals surface area (Å²) in [7, 11) is 0. The third-order valence-electron chi connectivity index (χ3n) is 2.36. The molecule has 0 amide bonds. The van der Waals surface area contributed by atoms with Gasteiger partial charge in [-0.05, 0) is 12.1 Å². The van der Waals surface area contributed by atoms with Crippen molar-refractivity contribution in [3.05, 3.63) is 41.7 Å². The van der Waals surface area contributed by atoms with Gasteiger partial charge in [-0.2, -0.15) is 0 Å². The second-order valence-electron chi connectivity index (χ2n) is 3.61. The van der Waals surface area contributed by atoms with Crippen molar-refractivity contribution in [1.29, 1.82) is 0 Å². The number of nitrogens with two attached hydrogens (primary N) is 1.